The van der Waals surface area contributed by atoms with Gasteiger partial charge in [0.25, 0.3) is 5.91 Å². The van der Waals surface area contributed by atoms with Gasteiger partial charge < -0.3 is 5.32 Å². The van der Waals surface area contributed by atoms with Crippen LogP contribution in [0.5, 0.6) is 0 Å². The molecule has 0 heterocycles. The molecule has 0 aliphatic heterocycles. The molecule has 1 amide bonds. The number of benzene rings is 1. The Kier molecular flexibility index (Phi) is 4.74. The first-order valence-corrected chi connectivity index (χ1v) is 6.75. The van der Waals surface area contributed by atoms with E-state index in [4.69, 9.17) is 5.14 Å². The summed E-state index contributed by atoms with van der Waals surface area (Å²) in [6.07, 6.45) is 0.0987. The number of hydrogen-bond acceptors (Lipinski definition) is 3. The summed E-state index contributed by atoms with van der Waals surface area (Å²) in [5.41, 5.74) is -0.425. The van der Waals surface area contributed by atoms with Crippen molar-refractivity contribution in [3.05, 3.63) is 35.4 Å². The van der Waals surface area contributed by atoms with E-state index in [1.54, 1.807) is 0 Å². The highest BCUT2D eigenvalue weighted by molar-refractivity contribution is 7.89. The summed E-state index contributed by atoms with van der Waals surface area (Å²) in [5, 5.41) is 7.03. The maximum atomic E-state index is 13.2. The summed E-state index contributed by atoms with van der Waals surface area (Å²) in [6.45, 7) is 0.00518. The summed E-state index contributed by atoms with van der Waals surface area (Å²) < 4.78 is 47.2. The van der Waals surface area contributed by atoms with Crippen molar-refractivity contribution in [2.75, 3.05) is 12.3 Å². The van der Waals surface area contributed by atoms with Crippen LogP contribution < -0.4 is 10.5 Å². The highest BCUT2D eigenvalue weighted by atomic mass is 32.2. The zero-order valence-electron chi connectivity index (χ0n) is 9.32. The Bertz CT molecular complexity index is 546. The number of hydrogen-bond donors (Lipinski definition) is 2. The average Bonchev–Trinajstić information content (AvgIpc) is 2.26. The molecule has 3 N–H and O–H groups in total. The van der Waals surface area contributed by atoms with Crippen LogP contribution in [0.25, 0.3) is 0 Å². The van der Waals surface area contributed by atoms with Crippen molar-refractivity contribution in [1.29, 1.82) is 0 Å². The molecule has 1 aromatic rings. The summed E-state index contributed by atoms with van der Waals surface area (Å²) in [6, 6.07) is 3.23. The van der Waals surface area contributed by atoms with Crippen molar-refractivity contribution in [2.24, 2.45) is 5.14 Å². The molecule has 100 valence electrons. The third kappa shape index (κ3) is 4.38. The number of nitrogens with one attached hydrogen (secondary N) is 1. The molecule has 0 unspecified atom stereocenters. The van der Waals surface area contributed by atoms with Crippen molar-refractivity contribution in [3.63, 3.8) is 0 Å². The van der Waals surface area contributed by atoms with Crippen LogP contribution in [0.1, 0.15) is 16.8 Å². The molecule has 18 heavy (non-hydrogen) atoms. The van der Waals surface area contributed by atoms with E-state index in [-0.39, 0.29) is 18.7 Å². The van der Waals surface area contributed by atoms with E-state index < -0.39 is 33.1 Å². The first kappa shape index (κ1) is 14.5. The van der Waals surface area contributed by atoms with Gasteiger partial charge >= 0.3 is 0 Å². The molecule has 0 bridgehead atoms. The molecule has 0 saturated carbocycles. The van der Waals surface area contributed by atoms with Crippen LogP contribution in [0.2, 0.25) is 0 Å². The van der Waals surface area contributed by atoms with Crippen molar-refractivity contribution in [2.45, 2.75) is 6.42 Å². The quantitative estimate of drug-likeness (QED) is 0.763. The first-order valence-electron chi connectivity index (χ1n) is 5.04. The van der Waals surface area contributed by atoms with Crippen LogP contribution in [-0.2, 0) is 10.0 Å². The van der Waals surface area contributed by atoms with Gasteiger partial charge in [-0.25, -0.2) is 22.3 Å². The number of sulfonamides is 1. The fraction of sp³-hybridized carbons (Fsp3) is 0.300. The minimum absolute atomic E-state index is 0.00518. The van der Waals surface area contributed by atoms with Crippen molar-refractivity contribution < 1.29 is 22.0 Å². The van der Waals surface area contributed by atoms with Gasteiger partial charge in [0.1, 0.15) is 0 Å². The summed E-state index contributed by atoms with van der Waals surface area (Å²) >= 11 is 0. The highest BCUT2D eigenvalue weighted by Crippen LogP contribution is 2.10. The van der Waals surface area contributed by atoms with Gasteiger partial charge in [-0.2, -0.15) is 0 Å². The largest absolute Gasteiger partial charge is 0.352 e. The van der Waals surface area contributed by atoms with Gasteiger partial charge in [-0.05, 0) is 18.6 Å². The minimum Gasteiger partial charge on any atom is -0.352 e. The van der Waals surface area contributed by atoms with Gasteiger partial charge in [0.05, 0.1) is 11.3 Å². The number of amides is 1. The molecule has 0 saturated heterocycles. The number of carbonyl (C=O) groups is 1. The Hall–Kier alpha value is -1.54. The van der Waals surface area contributed by atoms with Crippen molar-refractivity contribution >= 4 is 15.9 Å². The second kappa shape index (κ2) is 5.87. The van der Waals surface area contributed by atoms with E-state index in [0.717, 1.165) is 12.1 Å². The molecule has 8 heteroatoms. The van der Waals surface area contributed by atoms with E-state index >= 15 is 0 Å². The fourth-order valence-corrected chi connectivity index (χ4v) is 1.80. The average molecular weight is 278 g/mol. The van der Waals surface area contributed by atoms with Crippen LogP contribution in [0.4, 0.5) is 8.78 Å². The van der Waals surface area contributed by atoms with E-state index in [1.807, 2.05) is 0 Å². The second-order valence-corrected chi connectivity index (χ2v) is 5.31. The van der Waals surface area contributed by atoms with Gasteiger partial charge in [0.2, 0.25) is 10.0 Å². The molecule has 0 aromatic heterocycles. The van der Waals surface area contributed by atoms with E-state index in [0.29, 0.717) is 0 Å². The summed E-state index contributed by atoms with van der Waals surface area (Å²) in [4.78, 5) is 11.4. The molecule has 0 fully saturated rings. The number of primary sulfonamides is 1. The molecule has 0 spiro atoms. The van der Waals surface area contributed by atoms with Crippen LogP contribution in [-0.4, -0.2) is 26.6 Å². The third-order valence-electron chi connectivity index (χ3n) is 2.09. The molecular formula is C10H12F2N2O3S. The normalized spacial score (nSPS) is 11.3. The minimum atomic E-state index is -3.59. The number of rotatable bonds is 5. The predicted molar refractivity (Wildman–Crippen MR) is 61.3 cm³/mol. The van der Waals surface area contributed by atoms with Gasteiger partial charge in [-0.1, -0.05) is 6.07 Å². The van der Waals surface area contributed by atoms with Gasteiger partial charge in [0.15, 0.2) is 11.6 Å². The molecule has 0 radical (unpaired) electrons. The SMILES string of the molecule is NS(=O)(=O)CCCNC(=O)c1cccc(F)c1F. The third-order valence-corrected chi connectivity index (χ3v) is 2.95. The standard InChI is InChI=1S/C10H12F2N2O3S/c11-8-4-1-3-7(9(8)12)10(15)14-5-2-6-18(13,16)17/h1,3-4H,2,5-6H2,(H,14,15)(H2,13,16,17). The maximum absolute atomic E-state index is 13.2. The van der Waals surface area contributed by atoms with Crippen molar-refractivity contribution in [3.8, 4) is 0 Å². The monoisotopic (exact) mass is 278 g/mol. The van der Waals surface area contributed by atoms with E-state index in [2.05, 4.69) is 5.32 Å². The molecule has 1 aromatic carbocycles. The van der Waals surface area contributed by atoms with Crippen LogP contribution in [0.15, 0.2) is 18.2 Å². The molecule has 0 atom stereocenters. The van der Waals surface area contributed by atoms with Gasteiger partial charge in [0, 0.05) is 6.54 Å². The lowest BCUT2D eigenvalue weighted by atomic mass is 10.2. The van der Waals surface area contributed by atoms with Crippen LogP contribution in [0, 0.1) is 11.6 Å². The predicted octanol–water partition coefficient (Wildman–Crippen LogP) is 0.373. The lowest BCUT2D eigenvalue weighted by Gasteiger charge is -2.05. The zero-order chi connectivity index (χ0) is 13.8. The van der Waals surface area contributed by atoms with Crippen LogP contribution in [0.3, 0.4) is 0 Å². The van der Waals surface area contributed by atoms with Crippen molar-refractivity contribution in [1.82, 2.24) is 5.32 Å². The van der Waals surface area contributed by atoms with E-state index in [9.17, 15) is 22.0 Å². The lowest BCUT2D eigenvalue weighted by molar-refractivity contribution is 0.0948. The van der Waals surface area contributed by atoms with E-state index in [1.165, 1.54) is 6.07 Å². The Morgan fingerprint density at radius 3 is 2.61 bits per heavy atom. The molecule has 5 nitrogen and oxygen atoms in total. The van der Waals surface area contributed by atoms with Gasteiger partial charge in [-0.3, -0.25) is 4.79 Å². The lowest BCUT2D eigenvalue weighted by Crippen LogP contribution is -2.28. The molecule has 0 aliphatic carbocycles. The molecular weight excluding hydrogens is 266 g/mol. The fourth-order valence-electron chi connectivity index (χ4n) is 1.25. The summed E-state index contributed by atoms with van der Waals surface area (Å²) in [5.74, 6) is -3.45. The number of nitrogens with two attached hydrogens (primary N) is 1. The number of carbonyl (C=O) groups excluding carboxylic acids is 1. The Morgan fingerprint density at radius 2 is 2.00 bits per heavy atom. The highest BCUT2D eigenvalue weighted by Gasteiger charge is 2.14. The van der Waals surface area contributed by atoms with Gasteiger partial charge in [-0.15, -0.1) is 0 Å². The second-order valence-electron chi connectivity index (χ2n) is 3.58. The smallest absolute Gasteiger partial charge is 0.254 e. The summed E-state index contributed by atoms with van der Waals surface area (Å²) in [7, 11) is -3.59. The van der Waals surface area contributed by atoms with Crippen LogP contribution >= 0.6 is 0 Å². The Labute approximate surface area is 103 Å². The maximum Gasteiger partial charge on any atom is 0.254 e. The molecule has 0 aliphatic rings. The zero-order valence-corrected chi connectivity index (χ0v) is 10.1. The topological polar surface area (TPSA) is 89.3 Å². The number of halogens is 2. The molecule has 1 rings (SSSR count). The Morgan fingerprint density at radius 1 is 1.33 bits per heavy atom. The first-order chi connectivity index (χ1) is 8.31. The Balaban J connectivity index is 2.54.